The van der Waals surface area contributed by atoms with Crippen LogP contribution in [0.3, 0.4) is 0 Å². The summed E-state index contributed by atoms with van der Waals surface area (Å²) in [7, 11) is 1.61. The molecule has 2 amide bonds. The molecule has 1 aliphatic heterocycles. The molecule has 0 radical (unpaired) electrons. The molecule has 0 unspecified atom stereocenters. The van der Waals surface area contributed by atoms with E-state index >= 15 is 0 Å². The average molecular weight is 481 g/mol. The van der Waals surface area contributed by atoms with E-state index < -0.39 is 0 Å². The monoisotopic (exact) mass is 480 g/mol. The number of anilines is 1. The number of hydrogen-bond acceptors (Lipinski definition) is 4. The van der Waals surface area contributed by atoms with Crippen molar-refractivity contribution in [2.45, 2.75) is 25.9 Å². The third-order valence-electron chi connectivity index (χ3n) is 6.27. The number of nitrogens with zero attached hydrogens (tertiary/aromatic N) is 3. The van der Waals surface area contributed by atoms with E-state index in [9.17, 15) is 9.59 Å². The molecule has 182 valence electrons. The number of carbonyl (C=O) groups is 2. The first-order valence-corrected chi connectivity index (χ1v) is 12.0. The van der Waals surface area contributed by atoms with Crippen LogP contribution in [0.5, 0.6) is 5.75 Å². The summed E-state index contributed by atoms with van der Waals surface area (Å²) in [4.78, 5) is 27.3. The Morgan fingerprint density at radius 3 is 2.56 bits per heavy atom. The predicted molar refractivity (Wildman–Crippen MR) is 139 cm³/mol. The topological polar surface area (TPSA) is 76.5 Å². The van der Waals surface area contributed by atoms with E-state index in [-0.39, 0.29) is 11.8 Å². The maximum atomic E-state index is 13.5. The van der Waals surface area contributed by atoms with Gasteiger partial charge in [0.05, 0.1) is 19.2 Å². The lowest BCUT2D eigenvalue weighted by Gasteiger charge is -2.16. The molecule has 4 aromatic rings. The highest BCUT2D eigenvalue weighted by molar-refractivity contribution is 6.08. The second-order valence-electron chi connectivity index (χ2n) is 8.88. The molecule has 5 rings (SSSR count). The molecule has 0 bridgehead atoms. The van der Waals surface area contributed by atoms with Crippen molar-refractivity contribution in [3.8, 4) is 17.0 Å². The van der Waals surface area contributed by atoms with Crippen LogP contribution in [-0.4, -0.2) is 40.1 Å². The third kappa shape index (κ3) is 5.30. The number of nitrogens with one attached hydrogen (secondary N) is 1. The third-order valence-corrected chi connectivity index (χ3v) is 6.27. The van der Waals surface area contributed by atoms with Gasteiger partial charge in [0.1, 0.15) is 11.4 Å². The van der Waals surface area contributed by atoms with E-state index in [0.29, 0.717) is 42.2 Å². The van der Waals surface area contributed by atoms with Gasteiger partial charge in [0.2, 0.25) is 5.91 Å². The van der Waals surface area contributed by atoms with E-state index in [2.05, 4.69) is 5.32 Å². The zero-order valence-electron chi connectivity index (χ0n) is 20.2. The average Bonchev–Trinajstić information content (AvgIpc) is 3.51. The van der Waals surface area contributed by atoms with Crippen molar-refractivity contribution in [3.63, 3.8) is 0 Å². The highest BCUT2D eigenvalue weighted by atomic mass is 16.5. The van der Waals surface area contributed by atoms with Crippen LogP contribution >= 0.6 is 0 Å². The van der Waals surface area contributed by atoms with Crippen LogP contribution in [0.4, 0.5) is 5.69 Å². The molecule has 1 N–H and O–H groups in total. The number of amides is 2. The molecule has 0 atom stereocenters. The minimum absolute atomic E-state index is 0.179. The second kappa shape index (κ2) is 10.5. The summed E-state index contributed by atoms with van der Waals surface area (Å²) in [6, 6.07) is 25.2. The highest BCUT2D eigenvalue weighted by Crippen LogP contribution is 2.27. The molecule has 1 aliphatic rings. The summed E-state index contributed by atoms with van der Waals surface area (Å²) in [5, 5.41) is 7.79. The molecular formula is C29H28N4O3. The summed E-state index contributed by atoms with van der Waals surface area (Å²) >= 11 is 0. The van der Waals surface area contributed by atoms with Crippen LogP contribution < -0.4 is 10.1 Å². The highest BCUT2D eigenvalue weighted by Gasteiger charge is 2.21. The lowest BCUT2D eigenvalue weighted by Crippen LogP contribution is -2.23. The van der Waals surface area contributed by atoms with Gasteiger partial charge in [-0.05, 0) is 41.8 Å². The van der Waals surface area contributed by atoms with Gasteiger partial charge in [-0.15, -0.1) is 0 Å². The molecule has 1 saturated heterocycles. The van der Waals surface area contributed by atoms with Gasteiger partial charge < -0.3 is 15.0 Å². The van der Waals surface area contributed by atoms with Crippen molar-refractivity contribution in [1.29, 1.82) is 0 Å². The van der Waals surface area contributed by atoms with Crippen molar-refractivity contribution in [3.05, 3.63) is 102 Å². The van der Waals surface area contributed by atoms with Crippen molar-refractivity contribution in [1.82, 2.24) is 14.7 Å². The maximum absolute atomic E-state index is 13.5. The van der Waals surface area contributed by atoms with Crippen LogP contribution in [0, 0.1) is 0 Å². The predicted octanol–water partition coefficient (Wildman–Crippen LogP) is 4.98. The number of carbonyl (C=O) groups excluding carboxylic acids is 2. The van der Waals surface area contributed by atoms with E-state index in [4.69, 9.17) is 9.84 Å². The van der Waals surface area contributed by atoms with Crippen LogP contribution in [0.2, 0.25) is 0 Å². The van der Waals surface area contributed by atoms with Gasteiger partial charge >= 0.3 is 0 Å². The van der Waals surface area contributed by atoms with Crippen molar-refractivity contribution >= 4 is 17.5 Å². The van der Waals surface area contributed by atoms with Gasteiger partial charge in [-0.1, -0.05) is 54.6 Å². The molecular weight excluding hydrogens is 452 g/mol. The fraction of sp³-hybridized carbons (Fsp3) is 0.207. The summed E-state index contributed by atoms with van der Waals surface area (Å²) < 4.78 is 7.17. The molecule has 0 aliphatic carbocycles. The zero-order chi connectivity index (χ0) is 24.9. The van der Waals surface area contributed by atoms with Crippen molar-refractivity contribution in [2.24, 2.45) is 0 Å². The Bertz CT molecular complexity index is 1380. The largest absolute Gasteiger partial charge is 0.497 e. The quantitative estimate of drug-likeness (QED) is 0.386. The standard InChI is InChI=1S/C29H28N4O3/c1-36-25-13-6-11-23(17-25)28-26(20-33(31-28)19-21-8-3-2-4-9-21)29(35)30-24-12-5-10-22(16-24)18-32-15-7-14-27(32)34/h2-6,8-13,16-17,20H,7,14-15,18-19H2,1H3,(H,30,35). The van der Waals surface area contributed by atoms with E-state index in [1.165, 1.54) is 0 Å². The van der Waals surface area contributed by atoms with Gasteiger partial charge in [0, 0.05) is 37.0 Å². The number of rotatable bonds is 8. The number of ether oxygens (including phenoxy) is 1. The molecule has 7 nitrogen and oxygen atoms in total. The molecule has 3 aromatic carbocycles. The zero-order valence-corrected chi connectivity index (χ0v) is 20.2. The van der Waals surface area contributed by atoms with Crippen LogP contribution in [0.15, 0.2) is 85.1 Å². The van der Waals surface area contributed by atoms with Crippen molar-refractivity contribution in [2.75, 3.05) is 19.0 Å². The van der Waals surface area contributed by atoms with Gasteiger partial charge in [-0.2, -0.15) is 5.10 Å². The molecule has 7 heteroatoms. The van der Waals surface area contributed by atoms with Gasteiger partial charge in [-0.3, -0.25) is 14.3 Å². The second-order valence-corrected chi connectivity index (χ2v) is 8.88. The number of benzene rings is 3. The minimum Gasteiger partial charge on any atom is -0.497 e. The fourth-order valence-electron chi connectivity index (χ4n) is 4.46. The van der Waals surface area contributed by atoms with E-state index in [1.54, 1.807) is 18.0 Å². The normalized spacial score (nSPS) is 13.1. The Kier molecular flexibility index (Phi) is 6.80. The van der Waals surface area contributed by atoms with Gasteiger partial charge in [0.15, 0.2) is 0 Å². The Labute approximate surface area is 210 Å². The summed E-state index contributed by atoms with van der Waals surface area (Å²) in [6.07, 6.45) is 3.29. The van der Waals surface area contributed by atoms with Crippen LogP contribution in [0.25, 0.3) is 11.3 Å². The number of aromatic nitrogens is 2. The molecule has 36 heavy (non-hydrogen) atoms. The Morgan fingerprint density at radius 1 is 0.972 bits per heavy atom. The lowest BCUT2D eigenvalue weighted by molar-refractivity contribution is -0.128. The first-order valence-electron chi connectivity index (χ1n) is 12.0. The smallest absolute Gasteiger partial charge is 0.259 e. The summed E-state index contributed by atoms with van der Waals surface area (Å²) in [6.45, 7) is 1.87. The molecule has 0 spiro atoms. The van der Waals surface area contributed by atoms with Gasteiger partial charge in [0.25, 0.3) is 5.91 Å². The van der Waals surface area contributed by atoms with E-state index in [0.717, 1.165) is 29.7 Å². The first kappa shape index (κ1) is 23.4. The van der Waals surface area contributed by atoms with Crippen LogP contribution in [-0.2, 0) is 17.9 Å². The number of methoxy groups -OCH3 is 1. The maximum Gasteiger partial charge on any atom is 0.259 e. The lowest BCUT2D eigenvalue weighted by atomic mass is 10.1. The number of likely N-dealkylation sites (tertiary alicyclic amines) is 1. The summed E-state index contributed by atoms with van der Waals surface area (Å²) in [5.41, 5.74) is 4.61. The Hall–Kier alpha value is -4.39. The molecule has 2 heterocycles. The van der Waals surface area contributed by atoms with Gasteiger partial charge in [-0.25, -0.2) is 0 Å². The van der Waals surface area contributed by atoms with Crippen LogP contribution in [0.1, 0.15) is 34.3 Å². The van der Waals surface area contributed by atoms with Crippen molar-refractivity contribution < 1.29 is 14.3 Å². The molecule has 1 aromatic heterocycles. The first-order chi connectivity index (χ1) is 17.6. The molecule has 1 fully saturated rings. The Balaban J connectivity index is 1.42. The minimum atomic E-state index is -0.249. The Morgan fingerprint density at radius 2 is 1.78 bits per heavy atom. The number of hydrogen-bond donors (Lipinski definition) is 1. The summed E-state index contributed by atoms with van der Waals surface area (Å²) in [5.74, 6) is 0.625. The SMILES string of the molecule is COc1cccc(-c2nn(Cc3ccccc3)cc2C(=O)Nc2cccc(CN3CCCC3=O)c2)c1. The fourth-order valence-corrected chi connectivity index (χ4v) is 4.46. The van der Waals surface area contributed by atoms with E-state index in [1.807, 2.05) is 83.8 Å². The molecule has 0 saturated carbocycles.